The Morgan fingerprint density at radius 1 is 1.43 bits per heavy atom. The lowest BCUT2D eigenvalue weighted by atomic mass is 10.2. The molecule has 0 saturated heterocycles. The second-order valence-corrected chi connectivity index (χ2v) is 3.73. The number of aromatic nitrogens is 2. The van der Waals surface area contributed by atoms with Crippen molar-refractivity contribution in [2.75, 3.05) is 11.9 Å². The van der Waals surface area contributed by atoms with Gasteiger partial charge in [-0.25, -0.2) is 0 Å². The topological polar surface area (TPSA) is 68.2 Å². The first kappa shape index (κ1) is 9.45. The largest absolute Gasteiger partial charge is 0.407 e. The van der Waals surface area contributed by atoms with Crippen LogP contribution in [0.15, 0.2) is 4.42 Å². The monoisotopic (exact) mass is 196 g/mol. The predicted molar refractivity (Wildman–Crippen MR) is 52.8 cm³/mol. The molecule has 0 aliphatic heterocycles. The van der Waals surface area contributed by atoms with E-state index >= 15 is 0 Å². The predicted octanol–water partition coefficient (Wildman–Crippen LogP) is 0.907. The van der Waals surface area contributed by atoms with Gasteiger partial charge >= 0.3 is 6.01 Å². The molecule has 0 spiro atoms. The lowest BCUT2D eigenvalue weighted by Crippen LogP contribution is -2.28. The summed E-state index contributed by atoms with van der Waals surface area (Å²) < 4.78 is 5.39. The van der Waals surface area contributed by atoms with Crippen molar-refractivity contribution in [3.8, 4) is 0 Å². The minimum atomic E-state index is 0.311. The highest BCUT2D eigenvalue weighted by Crippen LogP contribution is 2.25. The Hall–Kier alpha value is -1.10. The number of nitrogens with zero attached hydrogens (tertiary/aromatic N) is 3. The first-order valence-corrected chi connectivity index (χ1v) is 5.06. The number of nitrogens with two attached hydrogens (primary N) is 1. The maximum absolute atomic E-state index is 5.40. The quantitative estimate of drug-likeness (QED) is 0.778. The highest BCUT2D eigenvalue weighted by Gasteiger charge is 2.23. The van der Waals surface area contributed by atoms with Gasteiger partial charge in [0.05, 0.1) is 6.54 Å². The average molecular weight is 196 g/mol. The number of anilines is 1. The number of hydrogen-bond donors (Lipinski definition) is 1. The molecule has 0 unspecified atom stereocenters. The van der Waals surface area contributed by atoms with E-state index in [1.54, 1.807) is 0 Å². The highest BCUT2D eigenvalue weighted by molar-refractivity contribution is 5.24. The fourth-order valence-electron chi connectivity index (χ4n) is 1.92. The van der Waals surface area contributed by atoms with Crippen LogP contribution < -0.4 is 10.6 Å². The van der Waals surface area contributed by atoms with Crippen LogP contribution in [0.1, 0.15) is 31.6 Å². The third-order valence-corrected chi connectivity index (χ3v) is 2.80. The SMILES string of the molecule is CN(c1nnc(CN)o1)C1CCCC1. The highest BCUT2D eigenvalue weighted by atomic mass is 16.4. The van der Waals surface area contributed by atoms with Crippen molar-refractivity contribution >= 4 is 6.01 Å². The Kier molecular flexibility index (Phi) is 2.67. The van der Waals surface area contributed by atoms with Crippen LogP contribution in [0.5, 0.6) is 0 Å². The molecular formula is C9H16N4O. The van der Waals surface area contributed by atoms with Crippen LogP contribution in [0, 0.1) is 0 Å². The van der Waals surface area contributed by atoms with E-state index in [1.807, 2.05) is 7.05 Å². The zero-order valence-electron chi connectivity index (χ0n) is 8.44. The van der Waals surface area contributed by atoms with Crippen LogP contribution in [0.2, 0.25) is 0 Å². The number of hydrogen-bond acceptors (Lipinski definition) is 5. The summed E-state index contributed by atoms with van der Waals surface area (Å²) in [4.78, 5) is 2.07. The van der Waals surface area contributed by atoms with Crippen molar-refractivity contribution in [2.24, 2.45) is 5.73 Å². The fraction of sp³-hybridized carbons (Fsp3) is 0.778. The maximum Gasteiger partial charge on any atom is 0.318 e. The van der Waals surface area contributed by atoms with Gasteiger partial charge in [0, 0.05) is 13.1 Å². The summed E-state index contributed by atoms with van der Waals surface area (Å²) in [5, 5.41) is 7.80. The molecule has 5 nitrogen and oxygen atoms in total. The molecule has 1 saturated carbocycles. The van der Waals surface area contributed by atoms with E-state index in [0.717, 1.165) is 0 Å². The molecule has 0 atom stereocenters. The molecule has 1 aliphatic rings. The third kappa shape index (κ3) is 1.72. The van der Waals surface area contributed by atoms with Crippen molar-refractivity contribution < 1.29 is 4.42 Å². The van der Waals surface area contributed by atoms with E-state index in [1.165, 1.54) is 25.7 Å². The van der Waals surface area contributed by atoms with Crippen molar-refractivity contribution in [2.45, 2.75) is 38.3 Å². The van der Waals surface area contributed by atoms with E-state index in [0.29, 0.717) is 24.5 Å². The summed E-state index contributed by atoms with van der Waals surface area (Å²) in [6, 6.07) is 1.15. The van der Waals surface area contributed by atoms with Gasteiger partial charge in [0.1, 0.15) is 0 Å². The van der Waals surface area contributed by atoms with Crippen LogP contribution >= 0.6 is 0 Å². The fourth-order valence-corrected chi connectivity index (χ4v) is 1.92. The van der Waals surface area contributed by atoms with E-state index in [2.05, 4.69) is 15.1 Å². The molecule has 1 aromatic heterocycles. The summed E-state index contributed by atoms with van der Waals surface area (Å²) in [6.07, 6.45) is 5.04. The second-order valence-electron chi connectivity index (χ2n) is 3.73. The summed E-state index contributed by atoms with van der Waals surface area (Å²) in [5.74, 6) is 0.504. The van der Waals surface area contributed by atoms with Crippen LogP contribution in [0.4, 0.5) is 6.01 Å². The Morgan fingerprint density at radius 2 is 2.14 bits per heavy atom. The van der Waals surface area contributed by atoms with E-state index in [9.17, 15) is 0 Å². The molecule has 0 radical (unpaired) electrons. The second kappa shape index (κ2) is 3.96. The molecule has 1 aliphatic carbocycles. The van der Waals surface area contributed by atoms with E-state index in [-0.39, 0.29) is 0 Å². The van der Waals surface area contributed by atoms with Crippen molar-refractivity contribution in [3.63, 3.8) is 0 Å². The Balaban J connectivity index is 2.05. The molecule has 0 amide bonds. The van der Waals surface area contributed by atoms with Gasteiger partial charge in [-0.05, 0) is 12.8 Å². The molecule has 0 bridgehead atoms. The summed E-state index contributed by atoms with van der Waals surface area (Å²) >= 11 is 0. The van der Waals surface area contributed by atoms with Gasteiger partial charge in [0.2, 0.25) is 5.89 Å². The van der Waals surface area contributed by atoms with Gasteiger partial charge in [0.15, 0.2) is 0 Å². The lowest BCUT2D eigenvalue weighted by molar-refractivity contribution is 0.473. The Morgan fingerprint density at radius 3 is 2.71 bits per heavy atom. The molecule has 0 aromatic carbocycles. The standard InChI is InChI=1S/C9H16N4O/c1-13(7-4-2-3-5-7)9-12-11-8(6-10)14-9/h7H,2-6,10H2,1H3. The molecule has 2 N–H and O–H groups in total. The van der Waals surface area contributed by atoms with Crippen LogP contribution in [0.25, 0.3) is 0 Å². The van der Waals surface area contributed by atoms with Crippen LogP contribution in [-0.2, 0) is 6.54 Å². The molecular weight excluding hydrogens is 180 g/mol. The molecule has 5 heteroatoms. The molecule has 14 heavy (non-hydrogen) atoms. The first-order chi connectivity index (χ1) is 6.81. The first-order valence-electron chi connectivity index (χ1n) is 5.06. The molecule has 1 fully saturated rings. The zero-order valence-corrected chi connectivity index (χ0v) is 8.44. The van der Waals surface area contributed by atoms with Crippen LogP contribution in [0.3, 0.4) is 0 Å². The average Bonchev–Trinajstić information content (AvgIpc) is 2.88. The minimum Gasteiger partial charge on any atom is -0.407 e. The van der Waals surface area contributed by atoms with Crippen LogP contribution in [-0.4, -0.2) is 23.3 Å². The van der Waals surface area contributed by atoms with E-state index in [4.69, 9.17) is 10.2 Å². The Bertz CT molecular complexity index is 293. The summed E-state index contributed by atoms with van der Waals surface area (Å²) in [6.45, 7) is 0.311. The maximum atomic E-state index is 5.40. The van der Waals surface area contributed by atoms with Gasteiger partial charge in [-0.3, -0.25) is 0 Å². The van der Waals surface area contributed by atoms with Crippen molar-refractivity contribution in [1.82, 2.24) is 10.2 Å². The lowest BCUT2D eigenvalue weighted by Gasteiger charge is -2.21. The van der Waals surface area contributed by atoms with E-state index < -0.39 is 0 Å². The van der Waals surface area contributed by atoms with Crippen molar-refractivity contribution in [3.05, 3.63) is 5.89 Å². The van der Waals surface area contributed by atoms with Gasteiger partial charge in [-0.1, -0.05) is 17.9 Å². The van der Waals surface area contributed by atoms with Gasteiger partial charge in [-0.15, -0.1) is 5.10 Å². The summed E-state index contributed by atoms with van der Waals surface area (Å²) in [7, 11) is 2.00. The molecule has 78 valence electrons. The van der Waals surface area contributed by atoms with Gasteiger partial charge in [-0.2, -0.15) is 0 Å². The van der Waals surface area contributed by atoms with Gasteiger partial charge < -0.3 is 15.1 Å². The number of rotatable bonds is 3. The smallest absolute Gasteiger partial charge is 0.318 e. The van der Waals surface area contributed by atoms with Gasteiger partial charge in [0.25, 0.3) is 0 Å². The molecule has 1 heterocycles. The normalized spacial score (nSPS) is 17.6. The summed E-state index contributed by atoms with van der Waals surface area (Å²) in [5.41, 5.74) is 5.40. The minimum absolute atomic E-state index is 0.311. The van der Waals surface area contributed by atoms with Crippen molar-refractivity contribution in [1.29, 1.82) is 0 Å². The third-order valence-electron chi connectivity index (χ3n) is 2.80. The zero-order chi connectivity index (χ0) is 9.97. The molecule has 1 aromatic rings. The molecule has 2 rings (SSSR count). The Labute approximate surface area is 83.3 Å².